The molecule has 0 bridgehead atoms. The molecule has 94 valence electrons. The molecule has 1 saturated carbocycles. The molecule has 1 aromatic heterocycles. The monoisotopic (exact) mass is 233 g/mol. The molecule has 1 aromatic rings. The molecule has 3 nitrogen and oxygen atoms in total. The van der Waals surface area contributed by atoms with Crippen LogP contribution in [0.4, 0.5) is 11.6 Å². The molecule has 0 atom stereocenters. The minimum Gasteiger partial charge on any atom is -0.384 e. The van der Waals surface area contributed by atoms with Gasteiger partial charge in [-0.05, 0) is 30.0 Å². The van der Waals surface area contributed by atoms with Gasteiger partial charge in [-0.3, -0.25) is 0 Å². The Morgan fingerprint density at radius 1 is 0.941 bits per heavy atom. The van der Waals surface area contributed by atoms with Crippen LogP contribution in [0.25, 0.3) is 0 Å². The van der Waals surface area contributed by atoms with E-state index in [2.05, 4.69) is 4.98 Å². The molecular formula is C14H23N3. The number of anilines is 2. The maximum absolute atomic E-state index is 5.73. The minimum atomic E-state index is 0.547. The van der Waals surface area contributed by atoms with Gasteiger partial charge >= 0.3 is 0 Å². The van der Waals surface area contributed by atoms with Crippen molar-refractivity contribution in [2.24, 2.45) is 5.92 Å². The number of rotatable bonds is 2. The molecule has 1 aliphatic carbocycles. The number of hydrogen-bond acceptors (Lipinski definition) is 3. The second kappa shape index (κ2) is 5.89. The van der Waals surface area contributed by atoms with Crippen molar-refractivity contribution < 1.29 is 0 Å². The lowest BCUT2D eigenvalue weighted by Crippen LogP contribution is -2.08. The Morgan fingerprint density at radius 2 is 1.47 bits per heavy atom. The van der Waals surface area contributed by atoms with Gasteiger partial charge in [0, 0.05) is 0 Å². The molecule has 1 heterocycles. The first kappa shape index (κ1) is 12.2. The first-order chi connectivity index (χ1) is 8.24. The van der Waals surface area contributed by atoms with Crippen molar-refractivity contribution in [3.8, 4) is 0 Å². The number of nitrogens with two attached hydrogens (primary N) is 2. The highest BCUT2D eigenvalue weighted by Crippen LogP contribution is 2.26. The van der Waals surface area contributed by atoms with Gasteiger partial charge in [-0.25, -0.2) is 4.98 Å². The van der Waals surface area contributed by atoms with E-state index in [1.54, 1.807) is 0 Å². The van der Waals surface area contributed by atoms with Crippen LogP contribution in [0, 0.1) is 5.92 Å². The number of nitrogens with zero attached hydrogens (tertiary/aromatic N) is 1. The molecule has 0 radical (unpaired) electrons. The summed E-state index contributed by atoms with van der Waals surface area (Å²) >= 11 is 0. The molecule has 0 saturated heterocycles. The Hall–Kier alpha value is -1.25. The summed E-state index contributed by atoms with van der Waals surface area (Å²) in [4.78, 5) is 4.02. The third-order valence-corrected chi connectivity index (χ3v) is 3.67. The number of nitrogen functional groups attached to an aromatic ring is 2. The van der Waals surface area contributed by atoms with Gasteiger partial charge in [0.1, 0.15) is 11.6 Å². The molecule has 0 amide bonds. The van der Waals surface area contributed by atoms with Gasteiger partial charge in [0.15, 0.2) is 0 Å². The van der Waals surface area contributed by atoms with Gasteiger partial charge in [-0.2, -0.15) is 0 Å². The van der Waals surface area contributed by atoms with Crippen LogP contribution < -0.4 is 11.5 Å². The molecule has 0 unspecified atom stereocenters. The lowest BCUT2D eigenvalue weighted by Gasteiger charge is -2.19. The lowest BCUT2D eigenvalue weighted by molar-refractivity contribution is 0.376. The fourth-order valence-electron chi connectivity index (χ4n) is 2.83. The molecule has 17 heavy (non-hydrogen) atoms. The maximum atomic E-state index is 5.73. The second-order valence-electron chi connectivity index (χ2n) is 5.24. The Kier molecular flexibility index (Phi) is 4.24. The highest BCUT2D eigenvalue weighted by Gasteiger charge is 2.12. The van der Waals surface area contributed by atoms with Gasteiger partial charge in [-0.15, -0.1) is 0 Å². The zero-order valence-electron chi connectivity index (χ0n) is 10.5. The second-order valence-corrected chi connectivity index (χ2v) is 5.24. The van der Waals surface area contributed by atoms with Crippen LogP contribution in [0.2, 0.25) is 0 Å². The van der Waals surface area contributed by atoms with Gasteiger partial charge in [0.25, 0.3) is 0 Å². The molecule has 4 N–H and O–H groups in total. The average molecular weight is 233 g/mol. The van der Waals surface area contributed by atoms with Crippen molar-refractivity contribution >= 4 is 11.6 Å². The smallest absolute Gasteiger partial charge is 0.126 e. The van der Waals surface area contributed by atoms with Crippen molar-refractivity contribution in [2.45, 2.75) is 51.4 Å². The van der Waals surface area contributed by atoms with Crippen LogP contribution in [0.5, 0.6) is 0 Å². The van der Waals surface area contributed by atoms with Crippen LogP contribution >= 0.6 is 0 Å². The van der Waals surface area contributed by atoms with Crippen molar-refractivity contribution in [1.29, 1.82) is 0 Å². The summed E-state index contributed by atoms with van der Waals surface area (Å²) < 4.78 is 0. The summed E-state index contributed by atoms with van der Waals surface area (Å²) in [5.74, 6) is 1.90. The van der Waals surface area contributed by atoms with E-state index in [1.165, 1.54) is 50.5 Å². The molecule has 0 aliphatic heterocycles. The Morgan fingerprint density at radius 3 is 2.06 bits per heavy atom. The van der Waals surface area contributed by atoms with E-state index in [0.29, 0.717) is 11.6 Å². The summed E-state index contributed by atoms with van der Waals surface area (Å²) in [6, 6.07) is 3.93. The molecule has 0 spiro atoms. The predicted octanol–water partition coefficient (Wildman–Crippen LogP) is 3.15. The Balaban J connectivity index is 1.97. The van der Waals surface area contributed by atoms with Crippen molar-refractivity contribution in [3.05, 3.63) is 17.7 Å². The third kappa shape index (κ3) is 3.91. The van der Waals surface area contributed by atoms with E-state index >= 15 is 0 Å². The van der Waals surface area contributed by atoms with E-state index in [1.807, 2.05) is 12.1 Å². The lowest BCUT2D eigenvalue weighted by atomic mass is 9.87. The zero-order chi connectivity index (χ0) is 12.1. The number of aromatic nitrogens is 1. The fraction of sp³-hybridized carbons (Fsp3) is 0.643. The average Bonchev–Trinajstić information content (AvgIpc) is 2.20. The van der Waals surface area contributed by atoms with E-state index in [4.69, 9.17) is 11.5 Å². The van der Waals surface area contributed by atoms with Crippen LogP contribution in [0.15, 0.2) is 12.1 Å². The van der Waals surface area contributed by atoms with Crippen LogP contribution in [-0.2, 0) is 6.42 Å². The van der Waals surface area contributed by atoms with Crippen LogP contribution in [0.3, 0.4) is 0 Å². The van der Waals surface area contributed by atoms with Crippen LogP contribution in [0.1, 0.15) is 50.5 Å². The van der Waals surface area contributed by atoms with Gasteiger partial charge in [0.2, 0.25) is 0 Å². The summed E-state index contributed by atoms with van der Waals surface area (Å²) in [6.07, 6.45) is 10.8. The van der Waals surface area contributed by atoms with Crippen molar-refractivity contribution in [3.63, 3.8) is 0 Å². The largest absolute Gasteiger partial charge is 0.384 e. The van der Waals surface area contributed by atoms with E-state index in [-0.39, 0.29) is 0 Å². The molecular weight excluding hydrogens is 210 g/mol. The van der Waals surface area contributed by atoms with Crippen molar-refractivity contribution in [2.75, 3.05) is 11.5 Å². The molecule has 3 heteroatoms. The van der Waals surface area contributed by atoms with E-state index in [9.17, 15) is 0 Å². The van der Waals surface area contributed by atoms with Crippen LogP contribution in [-0.4, -0.2) is 4.98 Å². The number of hydrogen-bond donors (Lipinski definition) is 2. The summed E-state index contributed by atoms with van der Waals surface area (Å²) in [5, 5.41) is 0. The number of pyridine rings is 1. The molecule has 1 fully saturated rings. The van der Waals surface area contributed by atoms with Gasteiger partial charge in [-0.1, -0.05) is 44.9 Å². The first-order valence-electron chi connectivity index (χ1n) is 6.76. The topological polar surface area (TPSA) is 64.9 Å². The van der Waals surface area contributed by atoms with Crippen molar-refractivity contribution in [1.82, 2.24) is 4.98 Å². The highest BCUT2D eigenvalue weighted by molar-refractivity contribution is 5.43. The Bertz CT molecular complexity index is 334. The first-order valence-corrected chi connectivity index (χ1v) is 6.76. The van der Waals surface area contributed by atoms with E-state index < -0.39 is 0 Å². The van der Waals surface area contributed by atoms with Gasteiger partial charge < -0.3 is 11.5 Å². The molecule has 1 aliphatic rings. The summed E-state index contributed by atoms with van der Waals surface area (Å²) in [5.41, 5.74) is 12.7. The highest BCUT2D eigenvalue weighted by atomic mass is 14.9. The molecule has 0 aromatic carbocycles. The summed E-state index contributed by atoms with van der Waals surface area (Å²) in [6.45, 7) is 0. The SMILES string of the molecule is Nc1cc(CC2CCCCCCC2)cc(N)n1. The predicted molar refractivity (Wildman–Crippen MR) is 72.6 cm³/mol. The van der Waals surface area contributed by atoms with E-state index in [0.717, 1.165) is 12.3 Å². The molecule has 2 rings (SSSR count). The third-order valence-electron chi connectivity index (χ3n) is 3.67. The fourth-order valence-corrected chi connectivity index (χ4v) is 2.83. The van der Waals surface area contributed by atoms with Gasteiger partial charge in [0.05, 0.1) is 0 Å². The standard InChI is InChI=1S/C14H23N3/c15-13-9-12(10-14(16)17-13)8-11-6-4-2-1-3-5-7-11/h9-11H,1-8H2,(H4,15,16,17). The summed E-state index contributed by atoms with van der Waals surface area (Å²) in [7, 11) is 0. The maximum Gasteiger partial charge on any atom is 0.126 e. The quantitative estimate of drug-likeness (QED) is 0.824. The Labute approximate surface area is 104 Å². The minimum absolute atomic E-state index is 0.547. The normalized spacial score (nSPS) is 18.6. The zero-order valence-corrected chi connectivity index (χ0v) is 10.5.